The van der Waals surface area contributed by atoms with Crippen LogP contribution in [0.4, 0.5) is 0 Å². The largest absolute Gasteiger partial charge is 0.396 e. The summed E-state index contributed by atoms with van der Waals surface area (Å²) in [4.78, 5) is 0. The molecule has 11 unspecified atom stereocenters. The Balaban J connectivity index is 1.47. The molecule has 32 heavy (non-hydrogen) atoms. The van der Waals surface area contributed by atoms with Crippen LogP contribution in [0.2, 0.25) is 0 Å². The summed E-state index contributed by atoms with van der Waals surface area (Å²) in [6.45, 7) is 6.72. The van der Waals surface area contributed by atoms with Gasteiger partial charge >= 0.3 is 0 Å². The van der Waals surface area contributed by atoms with Crippen molar-refractivity contribution in [1.29, 1.82) is 0 Å². The molecule has 0 aromatic heterocycles. The lowest BCUT2D eigenvalue weighted by Gasteiger charge is -2.62. The van der Waals surface area contributed by atoms with Crippen LogP contribution in [0.5, 0.6) is 0 Å². The SMILES string of the molecule is CC(CCC(O)C(CO)CO)C1CCC2C3CCC4CC(O)CCC4(C)C3CC(O)C12C. The highest BCUT2D eigenvalue weighted by molar-refractivity contribution is 5.12. The van der Waals surface area contributed by atoms with Crippen molar-refractivity contribution in [3.8, 4) is 0 Å². The molecule has 5 heteroatoms. The van der Waals surface area contributed by atoms with Crippen LogP contribution in [0.15, 0.2) is 0 Å². The number of aliphatic hydroxyl groups excluding tert-OH is 5. The van der Waals surface area contributed by atoms with Crippen LogP contribution < -0.4 is 0 Å². The minimum Gasteiger partial charge on any atom is -0.396 e. The molecule has 0 spiro atoms. The van der Waals surface area contributed by atoms with E-state index in [1.807, 2.05) is 0 Å². The first-order valence-corrected chi connectivity index (χ1v) is 13.4. The Kier molecular flexibility index (Phi) is 7.36. The topological polar surface area (TPSA) is 101 Å². The van der Waals surface area contributed by atoms with Crippen LogP contribution in [0.25, 0.3) is 0 Å². The Hall–Kier alpha value is -0.200. The summed E-state index contributed by atoms with van der Waals surface area (Å²) in [5.74, 6) is 2.84. The predicted octanol–water partition coefficient (Wildman–Crippen LogP) is 3.36. The van der Waals surface area contributed by atoms with E-state index in [1.165, 1.54) is 19.3 Å². The molecule has 5 nitrogen and oxygen atoms in total. The third-order valence-electron chi connectivity index (χ3n) is 11.4. The maximum Gasteiger partial charge on any atom is 0.0612 e. The Morgan fingerprint density at radius 1 is 0.875 bits per heavy atom. The fraction of sp³-hybridized carbons (Fsp3) is 1.00. The third-order valence-corrected chi connectivity index (χ3v) is 11.4. The Bertz CT molecular complexity index is 638. The van der Waals surface area contributed by atoms with Gasteiger partial charge in [0.15, 0.2) is 0 Å². The molecule has 0 radical (unpaired) electrons. The zero-order chi connectivity index (χ0) is 23.3. The monoisotopic (exact) mass is 452 g/mol. The number of rotatable bonds is 7. The molecule has 4 aliphatic carbocycles. The smallest absolute Gasteiger partial charge is 0.0612 e. The molecule has 4 saturated carbocycles. The highest BCUT2D eigenvalue weighted by Crippen LogP contribution is 2.68. The van der Waals surface area contributed by atoms with Crippen LogP contribution in [0, 0.1) is 52.3 Å². The standard InChI is InChI=1S/C27H48O5/c1-16(4-9-24(31)17(14-28)15-29)21-7-8-22-20-6-5-18-12-19(30)10-11-26(18,2)23(20)13-25(32)27(21,22)3/h16-25,28-32H,4-15H2,1-3H3. The third kappa shape index (κ3) is 3.98. The lowest BCUT2D eigenvalue weighted by atomic mass is 9.43. The van der Waals surface area contributed by atoms with Crippen LogP contribution in [-0.4, -0.2) is 57.1 Å². The molecule has 0 aliphatic heterocycles. The van der Waals surface area contributed by atoms with Gasteiger partial charge in [-0.3, -0.25) is 0 Å². The molecule has 11 atom stereocenters. The Morgan fingerprint density at radius 2 is 1.59 bits per heavy atom. The quantitative estimate of drug-likeness (QED) is 0.408. The van der Waals surface area contributed by atoms with Crippen molar-refractivity contribution in [3.05, 3.63) is 0 Å². The summed E-state index contributed by atoms with van der Waals surface area (Å²) in [6.07, 6.45) is 9.08. The summed E-state index contributed by atoms with van der Waals surface area (Å²) < 4.78 is 0. The van der Waals surface area contributed by atoms with Gasteiger partial charge in [0, 0.05) is 5.92 Å². The van der Waals surface area contributed by atoms with Gasteiger partial charge in [0.25, 0.3) is 0 Å². The van der Waals surface area contributed by atoms with E-state index in [4.69, 9.17) is 0 Å². The molecule has 5 N–H and O–H groups in total. The van der Waals surface area contributed by atoms with Gasteiger partial charge in [-0.2, -0.15) is 0 Å². The van der Waals surface area contributed by atoms with Gasteiger partial charge in [0.1, 0.15) is 0 Å². The van der Waals surface area contributed by atoms with Crippen LogP contribution in [-0.2, 0) is 0 Å². The maximum atomic E-state index is 11.6. The summed E-state index contributed by atoms with van der Waals surface area (Å²) in [5, 5.41) is 51.0. The van der Waals surface area contributed by atoms with Crippen LogP contribution >= 0.6 is 0 Å². The molecule has 0 bridgehead atoms. The maximum absolute atomic E-state index is 11.6. The van der Waals surface area contributed by atoms with Gasteiger partial charge in [-0.05, 0) is 111 Å². The molecule has 4 rings (SSSR count). The average Bonchev–Trinajstić information content (AvgIpc) is 3.13. The van der Waals surface area contributed by atoms with Gasteiger partial charge in [0.2, 0.25) is 0 Å². The van der Waals surface area contributed by atoms with Gasteiger partial charge < -0.3 is 25.5 Å². The van der Waals surface area contributed by atoms with E-state index in [0.29, 0.717) is 41.9 Å². The van der Waals surface area contributed by atoms with Crippen molar-refractivity contribution in [1.82, 2.24) is 0 Å². The van der Waals surface area contributed by atoms with E-state index >= 15 is 0 Å². The van der Waals surface area contributed by atoms with Crippen molar-refractivity contribution in [2.45, 2.75) is 103 Å². The molecular weight excluding hydrogens is 404 g/mol. The predicted molar refractivity (Wildman–Crippen MR) is 125 cm³/mol. The molecule has 4 aliphatic rings. The summed E-state index contributed by atoms with van der Waals surface area (Å²) in [7, 11) is 0. The van der Waals surface area contributed by atoms with Crippen molar-refractivity contribution in [3.63, 3.8) is 0 Å². The first kappa shape index (κ1) is 24.9. The minimum atomic E-state index is -0.671. The lowest BCUT2D eigenvalue weighted by Crippen LogP contribution is -2.58. The van der Waals surface area contributed by atoms with Gasteiger partial charge in [0.05, 0.1) is 31.5 Å². The second-order valence-electron chi connectivity index (χ2n) is 12.6. The molecule has 0 amide bonds. The fourth-order valence-corrected chi connectivity index (χ4v) is 9.33. The van der Waals surface area contributed by atoms with E-state index < -0.39 is 12.0 Å². The van der Waals surface area contributed by atoms with E-state index in [2.05, 4.69) is 20.8 Å². The van der Waals surface area contributed by atoms with Crippen molar-refractivity contribution >= 4 is 0 Å². The zero-order valence-corrected chi connectivity index (χ0v) is 20.5. The Morgan fingerprint density at radius 3 is 2.28 bits per heavy atom. The number of hydrogen-bond acceptors (Lipinski definition) is 5. The van der Waals surface area contributed by atoms with Crippen molar-refractivity contribution in [2.24, 2.45) is 52.3 Å². The Labute approximate surface area is 194 Å². The van der Waals surface area contributed by atoms with E-state index in [-0.39, 0.29) is 36.3 Å². The molecular formula is C27H48O5. The summed E-state index contributed by atoms with van der Waals surface area (Å²) in [5.41, 5.74) is 0.206. The molecule has 0 aromatic carbocycles. The lowest BCUT2D eigenvalue weighted by molar-refractivity contribution is -0.175. The first-order valence-electron chi connectivity index (χ1n) is 13.4. The molecule has 0 aromatic rings. The van der Waals surface area contributed by atoms with E-state index in [1.54, 1.807) is 0 Å². The fourth-order valence-electron chi connectivity index (χ4n) is 9.33. The molecule has 0 heterocycles. The number of aliphatic hydroxyl groups is 5. The summed E-state index contributed by atoms with van der Waals surface area (Å²) >= 11 is 0. The van der Waals surface area contributed by atoms with E-state index in [9.17, 15) is 25.5 Å². The normalized spacial score (nSPS) is 48.1. The average molecular weight is 453 g/mol. The van der Waals surface area contributed by atoms with Crippen LogP contribution in [0.3, 0.4) is 0 Å². The number of fused-ring (bicyclic) bond motifs is 5. The molecule has 4 fully saturated rings. The van der Waals surface area contributed by atoms with Gasteiger partial charge in [-0.1, -0.05) is 20.8 Å². The van der Waals surface area contributed by atoms with Gasteiger partial charge in [-0.15, -0.1) is 0 Å². The minimum absolute atomic E-state index is 0.0593. The van der Waals surface area contributed by atoms with Gasteiger partial charge in [-0.25, -0.2) is 0 Å². The van der Waals surface area contributed by atoms with E-state index in [0.717, 1.165) is 38.5 Å². The second kappa shape index (κ2) is 9.45. The van der Waals surface area contributed by atoms with Crippen molar-refractivity contribution in [2.75, 3.05) is 13.2 Å². The van der Waals surface area contributed by atoms with Crippen molar-refractivity contribution < 1.29 is 25.5 Å². The molecule has 0 saturated heterocycles. The second-order valence-corrected chi connectivity index (χ2v) is 12.6. The molecule has 186 valence electrons. The van der Waals surface area contributed by atoms with Crippen LogP contribution in [0.1, 0.15) is 85.0 Å². The summed E-state index contributed by atoms with van der Waals surface area (Å²) in [6, 6.07) is 0. The highest BCUT2D eigenvalue weighted by Gasteiger charge is 2.63. The number of hydrogen-bond donors (Lipinski definition) is 5. The highest BCUT2D eigenvalue weighted by atomic mass is 16.3. The first-order chi connectivity index (χ1) is 15.2. The zero-order valence-electron chi connectivity index (χ0n) is 20.5.